The van der Waals surface area contributed by atoms with Crippen molar-refractivity contribution in [2.24, 2.45) is 0 Å². The molecule has 1 aromatic rings. The fraction of sp³-hybridized carbons (Fsp3) is 0.500. The average molecular weight is 293 g/mol. The van der Waals surface area contributed by atoms with E-state index in [1.165, 1.54) is 12.0 Å². The topological polar surface area (TPSA) is 55.8 Å². The maximum Gasteiger partial charge on any atom is 0.325 e. The summed E-state index contributed by atoms with van der Waals surface area (Å²) in [6, 6.07) is 7.02. The molecule has 0 aliphatic heterocycles. The number of hydrogen-bond donors (Lipinski definition) is 0. The fourth-order valence-corrected chi connectivity index (χ4v) is 1.86. The first-order valence-corrected chi connectivity index (χ1v) is 7.21. The largest absolute Gasteiger partial charge is 0.494 e. The summed E-state index contributed by atoms with van der Waals surface area (Å²) in [4.78, 5) is 25.4. The van der Waals surface area contributed by atoms with Gasteiger partial charge >= 0.3 is 5.97 Å². The summed E-state index contributed by atoms with van der Waals surface area (Å²) < 4.78 is 10.2. The lowest BCUT2D eigenvalue weighted by Crippen LogP contribution is -2.36. The maximum atomic E-state index is 12.5. The number of amides is 1. The molecule has 116 valence electrons. The smallest absolute Gasteiger partial charge is 0.325 e. The van der Waals surface area contributed by atoms with Gasteiger partial charge < -0.3 is 14.4 Å². The molecule has 0 heterocycles. The molecule has 0 radical (unpaired) electrons. The number of methoxy groups -OCH3 is 1. The number of rotatable bonds is 8. The molecule has 0 aliphatic carbocycles. The Bertz CT molecular complexity index is 473. The second kappa shape index (κ2) is 9.00. The minimum absolute atomic E-state index is 0.0385. The highest BCUT2D eigenvalue weighted by Crippen LogP contribution is 2.15. The number of carbonyl (C=O) groups is 2. The van der Waals surface area contributed by atoms with Crippen molar-refractivity contribution in [2.45, 2.75) is 26.7 Å². The van der Waals surface area contributed by atoms with Crippen LogP contribution in [0.25, 0.3) is 0 Å². The van der Waals surface area contributed by atoms with E-state index in [4.69, 9.17) is 4.74 Å². The molecule has 0 N–H and O–H groups in total. The van der Waals surface area contributed by atoms with Gasteiger partial charge in [-0.3, -0.25) is 9.59 Å². The van der Waals surface area contributed by atoms with E-state index in [0.29, 0.717) is 24.5 Å². The maximum absolute atomic E-state index is 12.5. The van der Waals surface area contributed by atoms with Crippen molar-refractivity contribution < 1.29 is 19.1 Å². The van der Waals surface area contributed by atoms with Gasteiger partial charge in [-0.1, -0.05) is 19.9 Å². The number of nitrogens with zero attached hydrogens (tertiary/aromatic N) is 1. The molecule has 0 saturated carbocycles. The van der Waals surface area contributed by atoms with E-state index >= 15 is 0 Å². The Kier molecular flexibility index (Phi) is 7.29. The molecule has 0 bridgehead atoms. The highest BCUT2D eigenvalue weighted by molar-refractivity contribution is 5.96. The molecule has 1 rings (SSSR count). The molecular formula is C16H23NO4. The van der Waals surface area contributed by atoms with Crippen molar-refractivity contribution in [1.29, 1.82) is 0 Å². The van der Waals surface area contributed by atoms with Crippen LogP contribution in [0.2, 0.25) is 0 Å². The average Bonchev–Trinajstić information content (AvgIpc) is 2.51. The van der Waals surface area contributed by atoms with Crippen LogP contribution in [0.4, 0.5) is 0 Å². The summed E-state index contributed by atoms with van der Waals surface area (Å²) >= 11 is 0. The zero-order valence-electron chi connectivity index (χ0n) is 12.9. The third-order valence-electron chi connectivity index (χ3n) is 2.88. The predicted octanol–water partition coefficient (Wildman–Crippen LogP) is 2.50. The zero-order valence-corrected chi connectivity index (χ0v) is 12.9. The number of carbonyl (C=O) groups excluding carboxylic acids is 2. The van der Waals surface area contributed by atoms with Crippen LogP contribution in [-0.2, 0) is 9.53 Å². The van der Waals surface area contributed by atoms with E-state index in [1.807, 2.05) is 19.9 Å². The molecule has 0 aliphatic rings. The highest BCUT2D eigenvalue weighted by atomic mass is 16.5. The van der Waals surface area contributed by atoms with E-state index < -0.39 is 5.97 Å². The van der Waals surface area contributed by atoms with Gasteiger partial charge in [-0.2, -0.15) is 0 Å². The molecule has 21 heavy (non-hydrogen) atoms. The minimum Gasteiger partial charge on any atom is -0.494 e. The molecule has 0 atom stereocenters. The van der Waals surface area contributed by atoms with Crippen molar-refractivity contribution >= 4 is 11.9 Å². The number of hydrogen-bond acceptors (Lipinski definition) is 4. The molecule has 1 amide bonds. The second-order valence-corrected chi connectivity index (χ2v) is 4.68. The molecule has 0 saturated heterocycles. The molecular weight excluding hydrogens is 270 g/mol. The number of esters is 1. The molecule has 5 nitrogen and oxygen atoms in total. The molecule has 0 unspecified atom stereocenters. The summed E-state index contributed by atoms with van der Waals surface area (Å²) in [7, 11) is 1.32. The third-order valence-corrected chi connectivity index (χ3v) is 2.88. The molecule has 0 aromatic heterocycles. The Morgan fingerprint density at radius 1 is 1.19 bits per heavy atom. The van der Waals surface area contributed by atoms with Crippen LogP contribution in [0.1, 0.15) is 37.0 Å². The normalized spacial score (nSPS) is 10.0. The van der Waals surface area contributed by atoms with Crippen molar-refractivity contribution in [3.63, 3.8) is 0 Å². The van der Waals surface area contributed by atoms with Crippen molar-refractivity contribution in [1.82, 2.24) is 4.90 Å². The summed E-state index contributed by atoms with van der Waals surface area (Å²) in [5, 5.41) is 0. The molecule has 0 fully saturated rings. The lowest BCUT2D eigenvalue weighted by atomic mass is 10.2. The highest BCUT2D eigenvalue weighted by Gasteiger charge is 2.18. The van der Waals surface area contributed by atoms with Gasteiger partial charge in [0.25, 0.3) is 5.91 Å². The van der Waals surface area contributed by atoms with Crippen LogP contribution in [0.5, 0.6) is 5.75 Å². The Hall–Kier alpha value is -2.04. The Morgan fingerprint density at radius 3 is 2.57 bits per heavy atom. The van der Waals surface area contributed by atoms with Crippen molar-refractivity contribution in [3.05, 3.63) is 29.8 Å². The predicted molar refractivity (Wildman–Crippen MR) is 80.4 cm³/mol. The summed E-state index contributed by atoms with van der Waals surface area (Å²) in [5.41, 5.74) is 0.515. The summed E-state index contributed by atoms with van der Waals surface area (Å²) in [6.07, 6.45) is 1.68. The number of benzene rings is 1. The van der Waals surface area contributed by atoms with Gasteiger partial charge in [-0.15, -0.1) is 0 Å². The van der Waals surface area contributed by atoms with Gasteiger partial charge in [0.2, 0.25) is 0 Å². The van der Waals surface area contributed by atoms with Crippen LogP contribution in [0.3, 0.4) is 0 Å². The van der Waals surface area contributed by atoms with E-state index in [2.05, 4.69) is 4.74 Å². The molecule has 5 heteroatoms. The van der Waals surface area contributed by atoms with Crippen LogP contribution < -0.4 is 4.74 Å². The zero-order chi connectivity index (χ0) is 15.7. The molecule has 0 spiro atoms. The molecule has 1 aromatic carbocycles. The van der Waals surface area contributed by atoms with Crippen molar-refractivity contribution in [2.75, 3.05) is 26.8 Å². The Balaban J connectivity index is 2.84. The van der Waals surface area contributed by atoms with Gasteiger partial charge in [0.15, 0.2) is 0 Å². The van der Waals surface area contributed by atoms with Crippen LogP contribution >= 0.6 is 0 Å². The van der Waals surface area contributed by atoms with E-state index in [-0.39, 0.29) is 12.5 Å². The van der Waals surface area contributed by atoms with Gasteiger partial charge in [0.05, 0.1) is 13.7 Å². The van der Waals surface area contributed by atoms with Crippen LogP contribution in [-0.4, -0.2) is 43.6 Å². The van der Waals surface area contributed by atoms with E-state index in [9.17, 15) is 9.59 Å². The van der Waals surface area contributed by atoms with Gasteiger partial charge in [-0.25, -0.2) is 0 Å². The van der Waals surface area contributed by atoms with E-state index in [1.54, 1.807) is 18.2 Å². The van der Waals surface area contributed by atoms with Gasteiger partial charge in [-0.05, 0) is 31.0 Å². The van der Waals surface area contributed by atoms with Crippen LogP contribution in [0.15, 0.2) is 24.3 Å². The lowest BCUT2D eigenvalue weighted by Gasteiger charge is -2.21. The quantitative estimate of drug-likeness (QED) is 0.691. The second-order valence-electron chi connectivity index (χ2n) is 4.68. The van der Waals surface area contributed by atoms with Gasteiger partial charge in [0.1, 0.15) is 12.3 Å². The first-order valence-electron chi connectivity index (χ1n) is 7.21. The SMILES string of the molecule is CCCOc1cccc(C(=O)N(CCC)CC(=O)OC)c1. The first-order chi connectivity index (χ1) is 10.1. The minimum atomic E-state index is -0.421. The van der Waals surface area contributed by atoms with Crippen molar-refractivity contribution in [3.8, 4) is 5.75 Å². The summed E-state index contributed by atoms with van der Waals surface area (Å²) in [5.74, 6) is 0.0524. The third kappa shape index (κ3) is 5.45. The Labute approximate surface area is 125 Å². The van der Waals surface area contributed by atoms with Crippen LogP contribution in [0, 0.1) is 0 Å². The monoisotopic (exact) mass is 293 g/mol. The number of ether oxygens (including phenoxy) is 2. The first kappa shape index (κ1) is 17.0. The Morgan fingerprint density at radius 2 is 1.95 bits per heavy atom. The fourth-order valence-electron chi connectivity index (χ4n) is 1.86. The standard InChI is InChI=1S/C16H23NO4/c1-4-9-17(12-15(18)20-3)16(19)13-7-6-8-14(11-13)21-10-5-2/h6-8,11H,4-5,9-10,12H2,1-3H3. The lowest BCUT2D eigenvalue weighted by molar-refractivity contribution is -0.141. The summed E-state index contributed by atoms with van der Waals surface area (Å²) in [6.45, 7) is 5.06. The van der Waals surface area contributed by atoms with E-state index in [0.717, 1.165) is 12.8 Å². The van der Waals surface area contributed by atoms with Gasteiger partial charge in [0, 0.05) is 12.1 Å².